The third kappa shape index (κ3) is 9.10. The Bertz CT molecular complexity index is 632. The summed E-state index contributed by atoms with van der Waals surface area (Å²) in [6, 6.07) is 1.83. The summed E-state index contributed by atoms with van der Waals surface area (Å²) in [5, 5.41) is 13.5. The van der Waals surface area contributed by atoms with Gasteiger partial charge in [-0.2, -0.15) is 0 Å². The van der Waals surface area contributed by atoms with E-state index in [9.17, 15) is 4.79 Å². The van der Waals surface area contributed by atoms with Crippen molar-refractivity contribution in [2.45, 2.75) is 79.5 Å². The van der Waals surface area contributed by atoms with E-state index in [1.54, 1.807) is 0 Å². The number of guanidine groups is 1. The number of hydrogen-bond donors (Lipinski definition) is 3. The minimum atomic E-state index is -0.526. The average Bonchev–Trinajstić information content (AvgIpc) is 3.03. The maximum atomic E-state index is 12.1. The number of nitrogens with one attached hydrogen (secondary N) is 3. The summed E-state index contributed by atoms with van der Waals surface area (Å²) in [7, 11) is 0. The molecular formula is C20H37N5O3. The van der Waals surface area contributed by atoms with E-state index in [-0.39, 0.29) is 12.0 Å². The molecule has 0 fully saturated rings. The average molecular weight is 396 g/mol. The molecule has 0 aliphatic carbocycles. The molecule has 1 rings (SSSR count). The molecule has 0 saturated carbocycles. The highest BCUT2D eigenvalue weighted by Gasteiger charge is 2.21. The Morgan fingerprint density at radius 2 is 1.93 bits per heavy atom. The fourth-order valence-electron chi connectivity index (χ4n) is 2.29. The number of carbonyl (C=O) groups excluding carboxylic acids is 1. The van der Waals surface area contributed by atoms with Crippen molar-refractivity contribution in [1.29, 1.82) is 0 Å². The van der Waals surface area contributed by atoms with Gasteiger partial charge in [0.05, 0.1) is 11.7 Å². The predicted molar refractivity (Wildman–Crippen MR) is 111 cm³/mol. The van der Waals surface area contributed by atoms with Crippen molar-refractivity contribution in [3.63, 3.8) is 0 Å². The zero-order valence-electron chi connectivity index (χ0n) is 18.5. The van der Waals surface area contributed by atoms with Crippen LogP contribution in [0.2, 0.25) is 0 Å². The summed E-state index contributed by atoms with van der Waals surface area (Å²) in [5.74, 6) is 1.92. The Kier molecular flexibility index (Phi) is 9.28. The van der Waals surface area contributed by atoms with Crippen molar-refractivity contribution in [1.82, 2.24) is 21.1 Å². The van der Waals surface area contributed by atoms with E-state index in [2.05, 4.69) is 53.8 Å². The summed E-state index contributed by atoms with van der Waals surface area (Å²) in [4.78, 5) is 16.6. The van der Waals surface area contributed by atoms with Crippen LogP contribution in [0.5, 0.6) is 0 Å². The van der Waals surface area contributed by atoms with E-state index in [0.717, 1.165) is 12.2 Å². The van der Waals surface area contributed by atoms with Crippen LogP contribution in [0.3, 0.4) is 0 Å². The summed E-state index contributed by atoms with van der Waals surface area (Å²) >= 11 is 0. The Hall–Kier alpha value is -2.25. The zero-order chi connectivity index (χ0) is 21.3. The second-order valence-electron chi connectivity index (χ2n) is 8.45. The highest BCUT2D eigenvalue weighted by Crippen LogP contribution is 2.14. The topological polar surface area (TPSA) is 101 Å². The van der Waals surface area contributed by atoms with E-state index < -0.39 is 11.7 Å². The molecule has 28 heavy (non-hydrogen) atoms. The van der Waals surface area contributed by atoms with Crippen LogP contribution in [0.1, 0.15) is 72.8 Å². The summed E-state index contributed by atoms with van der Waals surface area (Å²) in [5.41, 5.74) is 0.394. The first-order chi connectivity index (χ1) is 13.0. The molecule has 3 N–H and O–H groups in total. The molecule has 0 saturated heterocycles. The standard InChI is InChI=1S/C20H37N5O3/c1-9-21-18(22-11-15-10-16(13(2)3)25-28-15)23-12-17(14(4)5)24-19(26)27-20(6,7)8/h10,13-14,17H,9,11-12H2,1-8H3,(H,24,26)(H2,21,22,23). The van der Waals surface area contributed by atoms with Crippen molar-refractivity contribution < 1.29 is 14.1 Å². The molecule has 8 heteroatoms. The van der Waals surface area contributed by atoms with Crippen LogP contribution in [0, 0.1) is 5.92 Å². The molecular weight excluding hydrogens is 358 g/mol. The molecule has 1 unspecified atom stereocenters. The molecule has 0 aromatic carbocycles. The van der Waals surface area contributed by atoms with Gasteiger partial charge in [-0.1, -0.05) is 32.9 Å². The lowest BCUT2D eigenvalue weighted by molar-refractivity contribution is 0.0491. The Labute approximate surface area is 168 Å². The lowest BCUT2D eigenvalue weighted by Crippen LogP contribution is -2.50. The fraction of sp³-hybridized carbons (Fsp3) is 0.750. The van der Waals surface area contributed by atoms with Crippen LogP contribution in [-0.4, -0.2) is 41.9 Å². The lowest BCUT2D eigenvalue weighted by Gasteiger charge is -2.26. The Morgan fingerprint density at radius 3 is 2.43 bits per heavy atom. The monoisotopic (exact) mass is 395 g/mol. The highest BCUT2D eigenvalue weighted by molar-refractivity contribution is 5.79. The van der Waals surface area contributed by atoms with Crippen molar-refractivity contribution in [3.8, 4) is 0 Å². The first-order valence-electron chi connectivity index (χ1n) is 9.99. The third-order valence-corrected chi connectivity index (χ3v) is 3.90. The summed E-state index contributed by atoms with van der Waals surface area (Å²) in [6.07, 6.45) is -0.419. The maximum Gasteiger partial charge on any atom is 0.407 e. The summed E-state index contributed by atoms with van der Waals surface area (Å²) in [6.45, 7) is 17.4. The number of aliphatic imine (C=N–C) groups is 1. The molecule has 0 aliphatic heterocycles. The number of rotatable bonds is 8. The maximum absolute atomic E-state index is 12.1. The van der Waals surface area contributed by atoms with Gasteiger partial charge >= 0.3 is 6.09 Å². The number of amides is 1. The molecule has 0 bridgehead atoms. The van der Waals surface area contributed by atoms with Gasteiger partial charge in [-0.3, -0.25) is 0 Å². The predicted octanol–water partition coefficient (Wildman–Crippen LogP) is 3.40. The van der Waals surface area contributed by atoms with Gasteiger partial charge in [0.1, 0.15) is 12.1 Å². The molecule has 1 atom stereocenters. The fourth-order valence-corrected chi connectivity index (χ4v) is 2.29. The van der Waals surface area contributed by atoms with E-state index in [0.29, 0.717) is 30.7 Å². The van der Waals surface area contributed by atoms with Gasteiger partial charge in [-0.05, 0) is 39.5 Å². The smallest absolute Gasteiger partial charge is 0.407 e. The minimum Gasteiger partial charge on any atom is -0.444 e. The quantitative estimate of drug-likeness (QED) is 0.461. The Morgan fingerprint density at radius 1 is 1.25 bits per heavy atom. The number of carbonyl (C=O) groups is 1. The molecule has 0 aliphatic rings. The lowest BCUT2D eigenvalue weighted by atomic mass is 10.0. The number of alkyl carbamates (subject to hydrolysis) is 1. The number of hydrogen-bond acceptors (Lipinski definition) is 5. The van der Waals surface area contributed by atoms with Crippen LogP contribution >= 0.6 is 0 Å². The molecule has 1 aromatic heterocycles. The van der Waals surface area contributed by atoms with E-state index in [1.807, 2.05) is 33.8 Å². The molecule has 160 valence electrons. The van der Waals surface area contributed by atoms with Gasteiger partial charge in [0, 0.05) is 19.2 Å². The summed E-state index contributed by atoms with van der Waals surface area (Å²) < 4.78 is 10.7. The van der Waals surface area contributed by atoms with Crippen LogP contribution < -0.4 is 16.0 Å². The largest absolute Gasteiger partial charge is 0.444 e. The molecule has 1 amide bonds. The first kappa shape index (κ1) is 23.8. The van der Waals surface area contributed by atoms with Crippen molar-refractivity contribution in [2.24, 2.45) is 10.9 Å². The van der Waals surface area contributed by atoms with E-state index in [1.165, 1.54) is 0 Å². The van der Waals surface area contributed by atoms with E-state index >= 15 is 0 Å². The SMILES string of the molecule is CCNC(=NCc1cc(C(C)C)no1)NCC(NC(=O)OC(C)(C)C)C(C)C. The van der Waals surface area contributed by atoms with Crippen LogP contribution in [-0.2, 0) is 11.3 Å². The van der Waals surface area contributed by atoms with Gasteiger partial charge < -0.3 is 25.2 Å². The highest BCUT2D eigenvalue weighted by atomic mass is 16.6. The first-order valence-corrected chi connectivity index (χ1v) is 9.99. The number of ether oxygens (including phenoxy) is 1. The molecule has 8 nitrogen and oxygen atoms in total. The number of nitrogens with zero attached hydrogens (tertiary/aromatic N) is 2. The van der Waals surface area contributed by atoms with Crippen LogP contribution in [0.25, 0.3) is 0 Å². The van der Waals surface area contributed by atoms with Gasteiger partial charge in [0.2, 0.25) is 0 Å². The van der Waals surface area contributed by atoms with Crippen molar-refractivity contribution in [3.05, 3.63) is 17.5 Å². The van der Waals surface area contributed by atoms with Crippen molar-refractivity contribution in [2.75, 3.05) is 13.1 Å². The third-order valence-electron chi connectivity index (χ3n) is 3.90. The van der Waals surface area contributed by atoms with Crippen LogP contribution in [0.15, 0.2) is 15.6 Å². The molecule has 1 aromatic rings. The minimum absolute atomic E-state index is 0.100. The van der Waals surface area contributed by atoms with Crippen molar-refractivity contribution >= 4 is 12.1 Å². The second-order valence-corrected chi connectivity index (χ2v) is 8.45. The van der Waals surface area contributed by atoms with E-state index in [4.69, 9.17) is 9.26 Å². The zero-order valence-corrected chi connectivity index (χ0v) is 18.5. The van der Waals surface area contributed by atoms with Gasteiger partial charge in [-0.15, -0.1) is 0 Å². The normalized spacial score (nSPS) is 13.6. The number of aromatic nitrogens is 1. The molecule has 1 heterocycles. The van der Waals surface area contributed by atoms with Gasteiger partial charge in [-0.25, -0.2) is 9.79 Å². The van der Waals surface area contributed by atoms with Gasteiger partial charge in [0.15, 0.2) is 11.7 Å². The molecule has 0 radical (unpaired) electrons. The van der Waals surface area contributed by atoms with Crippen LogP contribution in [0.4, 0.5) is 4.79 Å². The Balaban J connectivity index is 2.67. The molecule has 0 spiro atoms. The second kappa shape index (κ2) is 10.9. The van der Waals surface area contributed by atoms with Gasteiger partial charge in [0.25, 0.3) is 0 Å².